The second kappa shape index (κ2) is 15.9. The first-order valence-corrected chi connectivity index (χ1v) is 12.0. The summed E-state index contributed by atoms with van der Waals surface area (Å²) >= 11 is 5.61. The number of carbonyl (C=O) groups is 3. The summed E-state index contributed by atoms with van der Waals surface area (Å²) in [4.78, 5) is 37.1. The van der Waals surface area contributed by atoms with Gasteiger partial charge in [-0.15, -0.1) is 13.2 Å². The number of nitrogens with one attached hydrogen (secondary N) is 2. The monoisotopic (exact) mass is 576 g/mol. The number of nitrogens with two attached hydrogens (primary N) is 1. The van der Waals surface area contributed by atoms with Gasteiger partial charge >= 0.3 is 6.36 Å². The first-order valence-electron chi connectivity index (χ1n) is 11.6. The van der Waals surface area contributed by atoms with Gasteiger partial charge in [-0.1, -0.05) is 17.7 Å². The summed E-state index contributed by atoms with van der Waals surface area (Å²) < 4.78 is 40.0. The molecule has 0 fully saturated rings. The largest absolute Gasteiger partial charge is 0.573 e. The van der Waals surface area contributed by atoms with Gasteiger partial charge in [0.1, 0.15) is 18.4 Å². The number of hydrogen-bond donors (Lipinski definition) is 5. The molecule has 2 atom stereocenters. The fourth-order valence-electron chi connectivity index (χ4n) is 3.02. The van der Waals surface area contributed by atoms with Crippen LogP contribution in [0.4, 0.5) is 18.9 Å². The summed E-state index contributed by atoms with van der Waals surface area (Å²) in [5.41, 5.74) is 6.68. The zero-order valence-corrected chi connectivity index (χ0v) is 22.3. The maximum absolute atomic E-state index is 12.1. The van der Waals surface area contributed by atoms with Gasteiger partial charge in [-0.3, -0.25) is 14.4 Å². The molecule has 39 heavy (non-hydrogen) atoms. The number of ketones is 1. The van der Waals surface area contributed by atoms with E-state index < -0.39 is 47.6 Å². The number of Topliss-reactive ketones (excluding diaryl/α,β-unsaturated/α-hetero) is 1. The van der Waals surface area contributed by atoms with E-state index in [2.05, 4.69) is 20.3 Å². The van der Waals surface area contributed by atoms with Crippen molar-refractivity contribution in [2.75, 3.05) is 39.5 Å². The van der Waals surface area contributed by atoms with Crippen molar-refractivity contribution >= 4 is 34.9 Å². The lowest BCUT2D eigenvalue weighted by atomic mass is 10.1. The van der Waals surface area contributed by atoms with Gasteiger partial charge in [-0.2, -0.15) is 0 Å². The van der Waals surface area contributed by atoms with Crippen molar-refractivity contribution in [2.24, 2.45) is 0 Å². The predicted molar refractivity (Wildman–Crippen MR) is 140 cm³/mol. The van der Waals surface area contributed by atoms with Crippen molar-refractivity contribution in [3.63, 3.8) is 0 Å². The van der Waals surface area contributed by atoms with E-state index >= 15 is 0 Å². The van der Waals surface area contributed by atoms with E-state index in [4.69, 9.17) is 22.4 Å². The topological polar surface area (TPSA) is 154 Å². The Morgan fingerprint density at radius 3 is 2.26 bits per heavy atom. The van der Waals surface area contributed by atoms with E-state index in [-0.39, 0.29) is 11.5 Å². The van der Waals surface area contributed by atoms with Crippen molar-refractivity contribution in [3.8, 4) is 5.75 Å². The maximum Gasteiger partial charge on any atom is 0.573 e. The number of nitrogens with zero attached hydrogens (tertiary/aromatic N) is 1. The number of aliphatic hydroxyl groups excluding tert-OH is 2. The number of halogens is 4. The summed E-state index contributed by atoms with van der Waals surface area (Å²) in [5.74, 6) is -2.44. The van der Waals surface area contributed by atoms with E-state index in [1.165, 1.54) is 6.92 Å². The molecule has 0 radical (unpaired) electrons. The van der Waals surface area contributed by atoms with Gasteiger partial charge in [0.2, 0.25) is 0 Å². The Morgan fingerprint density at radius 2 is 1.74 bits per heavy atom. The van der Waals surface area contributed by atoms with Crippen LogP contribution < -0.4 is 21.1 Å². The molecule has 0 aliphatic carbocycles. The molecule has 0 saturated carbocycles. The van der Waals surface area contributed by atoms with Gasteiger partial charge in [0.25, 0.3) is 11.8 Å². The highest BCUT2D eigenvalue weighted by Crippen LogP contribution is 2.30. The van der Waals surface area contributed by atoms with Crippen molar-refractivity contribution in [3.05, 3.63) is 58.6 Å². The van der Waals surface area contributed by atoms with Gasteiger partial charge < -0.3 is 36.2 Å². The van der Waals surface area contributed by atoms with Crippen LogP contribution in [0.15, 0.2) is 42.5 Å². The highest BCUT2D eigenvalue weighted by molar-refractivity contribution is 6.32. The van der Waals surface area contributed by atoms with Gasteiger partial charge in [0.05, 0.1) is 11.1 Å². The Balaban J connectivity index is 0.000000416. The number of alkyl halides is 3. The Bertz CT molecular complexity index is 1120. The minimum Gasteiger partial charge on any atom is -0.404 e. The second-order valence-electron chi connectivity index (χ2n) is 8.55. The number of rotatable bonds is 11. The number of anilines is 1. The molecular formula is C25H32ClF3N4O6. The van der Waals surface area contributed by atoms with E-state index in [1.807, 2.05) is 14.1 Å². The number of hydrogen-bond acceptors (Lipinski definition) is 8. The molecule has 0 aromatic heterocycles. The van der Waals surface area contributed by atoms with Crippen LogP contribution in [0.25, 0.3) is 0 Å². The van der Waals surface area contributed by atoms with Crippen LogP contribution in [0.3, 0.4) is 0 Å². The molecule has 0 aliphatic heterocycles. The third-order valence-electron chi connectivity index (χ3n) is 4.91. The second-order valence-corrected chi connectivity index (χ2v) is 8.95. The molecular weight excluding hydrogens is 545 g/mol. The Kier molecular flexibility index (Phi) is 13.7. The fraction of sp³-hybridized carbons (Fsp3) is 0.400. The molecule has 0 unspecified atom stereocenters. The predicted octanol–water partition coefficient (Wildman–Crippen LogP) is 2.23. The van der Waals surface area contributed by atoms with E-state index in [0.717, 1.165) is 31.2 Å². The Hall–Kier alpha value is -3.39. The Labute approximate surface area is 228 Å². The van der Waals surface area contributed by atoms with E-state index in [1.54, 1.807) is 24.3 Å². The average molecular weight is 577 g/mol. The standard InChI is InChI=1S/C13H13ClF3NO5.C12H19N3O/c1-6(20)11(9(21)5-19)18-12(22)7-2-3-10(8(14)4-7)23-13(15,16)17;1-15(2)8-4-7-14-12(16)10-5-3-6-11(13)9-10/h2-4,6,11,19-20H,5H2,1H3,(H,18,22);3,5-6,9H,4,7-8,13H2,1-2H3,(H,14,16)/t6-,11-;/m0./s1. The Morgan fingerprint density at radius 1 is 1.10 bits per heavy atom. The van der Waals surface area contributed by atoms with Gasteiger partial charge in [0, 0.05) is 23.4 Å². The molecule has 0 heterocycles. The third kappa shape index (κ3) is 12.8. The molecule has 0 saturated heterocycles. The normalized spacial score (nSPS) is 12.6. The van der Waals surface area contributed by atoms with Crippen LogP contribution in [-0.2, 0) is 4.79 Å². The number of nitrogen functional groups attached to an aromatic ring is 1. The lowest BCUT2D eigenvalue weighted by molar-refractivity contribution is -0.274. The SMILES string of the molecule is CN(C)CCCNC(=O)c1cccc(N)c1.C[C@H](O)[C@H](NC(=O)c1ccc(OC(F)(F)F)c(Cl)c1)C(=O)CO. The third-order valence-corrected chi connectivity index (χ3v) is 5.20. The highest BCUT2D eigenvalue weighted by atomic mass is 35.5. The summed E-state index contributed by atoms with van der Waals surface area (Å²) in [6.07, 6.45) is -5.26. The molecule has 14 heteroatoms. The lowest BCUT2D eigenvalue weighted by Gasteiger charge is -2.19. The molecule has 216 valence electrons. The molecule has 0 bridgehead atoms. The van der Waals surface area contributed by atoms with Gasteiger partial charge in [-0.05, 0) is 70.4 Å². The molecule has 2 amide bonds. The quantitative estimate of drug-likeness (QED) is 0.202. The van der Waals surface area contributed by atoms with Gasteiger partial charge in [0.15, 0.2) is 5.78 Å². The summed E-state index contributed by atoms with van der Waals surface area (Å²) in [6, 6.07) is 8.39. The molecule has 2 aromatic carbocycles. The first-order chi connectivity index (χ1) is 18.1. The minimum absolute atomic E-state index is 0.0638. The van der Waals surface area contributed by atoms with Crippen LogP contribution >= 0.6 is 11.6 Å². The summed E-state index contributed by atoms with van der Waals surface area (Å²) in [6.45, 7) is 1.99. The highest BCUT2D eigenvalue weighted by Gasteiger charge is 2.32. The van der Waals surface area contributed by atoms with E-state index in [0.29, 0.717) is 17.8 Å². The molecule has 2 aromatic rings. The van der Waals surface area contributed by atoms with E-state index in [9.17, 15) is 32.7 Å². The van der Waals surface area contributed by atoms with Gasteiger partial charge in [-0.25, -0.2) is 0 Å². The fourth-order valence-corrected chi connectivity index (χ4v) is 3.24. The van der Waals surface area contributed by atoms with Crippen LogP contribution in [0, 0.1) is 0 Å². The van der Waals surface area contributed by atoms with Crippen molar-refractivity contribution in [1.29, 1.82) is 0 Å². The van der Waals surface area contributed by atoms with Crippen LogP contribution in [-0.4, -0.2) is 85.0 Å². The smallest absolute Gasteiger partial charge is 0.404 e. The first kappa shape index (κ1) is 33.6. The molecule has 0 spiro atoms. The zero-order chi connectivity index (χ0) is 29.8. The average Bonchev–Trinajstić information content (AvgIpc) is 2.85. The van der Waals surface area contributed by atoms with Crippen molar-refractivity contribution < 1.29 is 42.5 Å². The zero-order valence-electron chi connectivity index (χ0n) is 21.6. The summed E-state index contributed by atoms with van der Waals surface area (Å²) in [7, 11) is 4.03. The van der Waals surface area contributed by atoms with Crippen molar-refractivity contribution in [2.45, 2.75) is 31.9 Å². The molecule has 2 rings (SSSR count). The van der Waals surface area contributed by atoms with Crippen LogP contribution in [0.5, 0.6) is 5.75 Å². The number of ether oxygens (including phenoxy) is 1. The van der Waals surface area contributed by atoms with Crippen LogP contribution in [0.2, 0.25) is 5.02 Å². The molecule has 0 aliphatic rings. The number of aliphatic hydroxyl groups is 2. The number of benzene rings is 2. The summed E-state index contributed by atoms with van der Waals surface area (Å²) in [5, 5.41) is 22.7. The van der Waals surface area contributed by atoms with Crippen LogP contribution in [0.1, 0.15) is 34.1 Å². The minimum atomic E-state index is -4.93. The molecule has 6 N–H and O–H groups in total. The van der Waals surface area contributed by atoms with Crippen molar-refractivity contribution in [1.82, 2.24) is 15.5 Å². The number of carbonyl (C=O) groups excluding carboxylic acids is 3. The number of amides is 2. The lowest BCUT2D eigenvalue weighted by Crippen LogP contribution is -2.48. The molecule has 10 nitrogen and oxygen atoms in total. The maximum atomic E-state index is 12.1.